The van der Waals surface area contributed by atoms with Gasteiger partial charge in [0.05, 0.1) is 0 Å². The van der Waals surface area contributed by atoms with Crippen LogP contribution < -0.4 is 5.32 Å². The molecule has 0 aliphatic carbocycles. The molecule has 0 heterocycles. The van der Waals surface area contributed by atoms with E-state index in [1.165, 1.54) is 0 Å². The highest BCUT2D eigenvalue weighted by atomic mass is 16.1. The third kappa shape index (κ3) is 5.64. The zero-order valence-corrected chi connectivity index (χ0v) is 9.42. The van der Waals surface area contributed by atoms with Crippen LogP contribution in [0, 0.1) is 5.92 Å². The van der Waals surface area contributed by atoms with Crippen molar-refractivity contribution in [3.05, 3.63) is 0 Å². The summed E-state index contributed by atoms with van der Waals surface area (Å²) in [4.78, 5) is 13.0. The molecule has 2 atom stereocenters. The van der Waals surface area contributed by atoms with Crippen molar-refractivity contribution in [2.45, 2.75) is 33.2 Å². The molecule has 3 heteroatoms. The van der Waals surface area contributed by atoms with Crippen LogP contribution >= 0.6 is 0 Å². The number of amides is 1. The number of hydrogen-bond donors (Lipinski definition) is 1. The molecule has 0 aliphatic rings. The molecule has 13 heavy (non-hydrogen) atoms. The van der Waals surface area contributed by atoms with E-state index in [2.05, 4.69) is 24.1 Å². The first-order valence-electron chi connectivity index (χ1n) is 4.89. The van der Waals surface area contributed by atoms with Crippen molar-refractivity contribution in [3.8, 4) is 0 Å². The van der Waals surface area contributed by atoms with E-state index in [1.807, 2.05) is 14.1 Å². The number of nitrogens with one attached hydrogen (secondary N) is 1. The van der Waals surface area contributed by atoms with E-state index in [4.69, 9.17) is 0 Å². The van der Waals surface area contributed by atoms with Gasteiger partial charge in [0.1, 0.15) is 0 Å². The molecule has 0 aromatic heterocycles. The van der Waals surface area contributed by atoms with Gasteiger partial charge in [0.2, 0.25) is 5.91 Å². The highest BCUT2D eigenvalue weighted by Crippen LogP contribution is 2.08. The third-order valence-corrected chi connectivity index (χ3v) is 2.28. The maximum atomic E-state index is 10.9. The van der Waals surface area contributed by atoms with Crippen LogP contribution in [0.15, 0.2) is 0 Å². The number of likely N-dealkylation sites (N-methyl/N-ethyl adjacent to an activating group) is 1. The van der Waals surface area contributed by atoms with Crippen LogP contribution in [-0.2, 0) is 4.79 Å². The van der Waals surface area contributed by atoms with Gasteiger partial charge >= 0.3 is 0 Å². The molecule has 0 saturated heterocycles. The number of carbonyl (C=O) groups excluding carboxylic acids is 1. The summed E-state index contributed by atoms with van der Waals surface area (Å²) in [5, 5.41) is 2.98. The second-order valence-corrected chi connectivity index (χ2v) is 3.95. The average molecular weight is 186 g/mol. The standard InChI is InChI=1S/C10H22N2O/c1-6-8(2)10(7-12(4)5)11-9(3)13/h8,10H,6-7H2,1-5H3,(H,11,13)/t8-,10+/m0/s1. The van der Waals surface area contributed by atoms with Crippen molar-refractivity contribution in [2.75, 3.05) is 20.6 Å². The van der Waals surface area contributed by atoms with Crippen LogP contribution in [0.25, 0.3) is 0 Å². The maximum Gasteiger partial charge on any atom is 0.217 e. The van der Waals surface area contributed by atoms with Crippen molar-refractivity contribution >= 4 is 5.91 Å². The molecule has 1 amide bonds. The van der Waals surface area contributed by atoms with Gasteiger partial charge < -0.3 is 10.2 Å². The Hall–Kier alpha value is -0.570. The summed E-state index contributed by atoms with van der Waals surface area (Å²) < 4.78 is 0. The monoisotopic (exact) mass is 186 g/mol. The topological polar surface area (TPSA) is 32.3 Å². The van der Waals surface area contributed by atoms with Gasteiger partial charge in [0.15, 0.2) is 0 Å². The van der Waals surface area contributed by atoms with E-state index >= 15 is 0 Å². The minimum atomic E-state index is 0.0622. The van der Waals surface area contributed by atoms with E-state index in [-0.39, 0.29) is 11.9 Å². The summed E-state index contributed by atoms with van der Waals surface area (Å²) in [7, 11) is 4.05. The molecular weight excluding hydrogens is 164 g/mol. The van der Waals surface area contributed by atoms with Crippen LogP contribution in [0.2, 0.25) is 0 Å². The summed E-state index contributed by atoms with van der Waals surface area (Å²) in [5.41, 5.74) is 0. The Morgan fingerprint density at radius 1 is 1.46 bits per heavy atom. The van der Waals surface area contributed by atoms with Gasteiger partial charge in [-0.05, 0) is 20.0 Å². The van der Waals surface area contributed by atoms with E-state index in [1.54, 1.807) is 6.92 Å². The summed E-state index contributed by atoms with van der Waals surface area (Å²) in [5.74, 6) is 0.596. The smallest absolute Gasteiger partial charge is 0.217 e. The third-order valence-electron chi connectivity index (χ3n) is 2.28. The molecule has 0 spiro atoms. The Balaban J connectivity index is 4.10. The molecule has 0 fully saturated rings. The van der Waals surface area contributed by atoms with E-state index < -0.39 is 0 Å². The van der Waals surface area contributed by atoms with Gasteiger partial charge in [0, 0.05) is 19.5 Å². The van der Waals surface area contributed by atoms with Gasteiger partial charge in [-0.15, -0.1) is 0 Å². The lowest BCUT2D eigenvalue weighted by molar-refractivity contribution is -0.120. The van der Waals surface area contributed by atoms with Crippen LogP contribution in [0.3, 0.4) is 0 Å². The van der Waals surface area contributed by atoms with Crippen molar-refractivity contribution in [1.29, 1.82) is 0 Å². The van der Waals surface area contributed by atoms with Crippen LogP contribution in [0.1, 0.15) is 27.2 Å². The quantitative estimate of drug-likeness (QED) is 0.697. The Morgan fingerprint density at radius 3 is 2.31 bits per heavy atom. The first-order valence-corrected chi connectivity index (χ1v) is 4.89. The van der Waals surface area contributed by atoms with E-state index in [0.29, 0.717) is 5.92 Å². The van der Waals surface area contributed by atoms with Crippen molar-refractivity contribution in [1.82, 2.24) is 10.2 Å². The summed E-state index contributed by atoms with van der Waals surface area (Å²) in [6.45, 7) is 6.80. The molecule has 0 saturated carbocycles. The minimum absolute atomic E-state index is 0.0622. The Labute approximate surface area is 81.5 Å². The fourth-order valence-corrected chi connectivity index (χ4v) is 1.31. The molecule has 3 nitrogen and oxygen atoms in total. The molecule has 0 rings (SSSR count). The predicted molar refractivity (Wildman–Crippen MR) is 55.6 cm³/mol. The second-order valence-electron chi connectivity index (χ2n) is 3.95. The molecule has 0 bridgehead atoms. The van der Waals surface area contributed by atoms with Crippen molar-refractivity contribution < 1.29 is 4.79 Å². The summed E-state index contributed by atoms with van der Waals surface area (Å²) in [6.07, 6.45) is 1.10. The highest BCUT2D eigenvalue weighted by Gasteiger charge is 2.16. The van der Waals surface area contributed by atoms with Crippen molar-refractivity contribution in [2.24, 2.45) is 5.92 Å². The molecule has 78 valence electrons. The average Bonchev–Trinajstić information content (AvgIpc) is 2.00. The molecule has 0 aliphatic heterocycles. The largest absolute Gasteiger partial charge is 0.352 e. The fourth-order valence-electron chi connectivity index (χ4n) is 1.31. The summed E-state index contributed by atoms with van der Waals surface area (Å²) >= 11 is 0. The molecule has 0 unspecified atom stereocenters. The van der Waals surface area contributed by atoms with E-state index in [9.17, 15) is 4.79 Å². The van der Waals surface area contributed by atoms with Gasteiger partial charge in [-0.3, -0.25) is 4.79 Å². The van der Waals surface area contributed by atoms with Gasteiger partial charge in [-0.25, -0.2) is 0 Å². The van der Waals surface area contributed by atoms with Crippen LogP contribution in [0.5, 0.6) is 0 Å². The normalized spacial score (nSPS) is 15.5. The van der Waals surface area contributed by atoms with Crippen LogP contribution in [0.4, 0.5) is 0 Å². The van der Waals surface area contributed by atoms with Gasteiger partial charge in [0.25, 0.3) is 0 Å². The Kier molecular flexibility index (Phi) is 5.71. The van der Waals surface area contributed by atoms with E-state index in [0.717, 1.165) is 13.0 Å². The first-order chi connectivity index (χ1) is 5.97. The summed E-state index contributed by atoms with van der Waals surface area (Å²) in [6, 6.07) is 0.275. The molecule has 1 N–H and O–H groups in total. The molecule has 0 radical (unpaired) electrons. The Morgan fingerprint density at radius 2 is 2.00 bits per heavy atom. The lowest BCUT2D eigenvalue weighted by Crippen LogP contribution is -2.44. The lowest BCUT2D eigenvalue weighted by Gasteiger charge is -2.26. The number of hydrogen-bond acceptors (Lipinski definition) is 2. The fraction of sp³-hybridized carbons (Fsp3) is 0.900. The highest BCUT2D eigenvalue weighted by molar-refractivity contribution is 5.73. The molecular formula is C10H22N2O. The number of rotatable bonds is 5. The van der Waals surface area contributed by atoms with Gasteiger partial charge in [-0.1, -0.05) is 20.3 Å². The SMILES string of the molecule is CC[C@H](C)[C@@H](CN(C)C)NC(C)=O. The number of nitrogens with zero attached hydrogens (tertiary/aromatic N) is 1. The van der Waals surface area contributed by atoms with Crippen LogP contribution in [-0.4, -0.2) is 37.5 Å². The minimum Gasteiger partial charge on any atom is -0.352 e. The zero-order chi connectivity index (χ0) is 10.4. The lowest BCUT2D eigenvalue weighted by atomic mass is 9.99. The number of carbonyl (C=O) groups is 1. The molecule has 0 aromatic rings. The Bertz CT molecular complexity index is 157. The second kappa shape index (κ2) is 5.97. The van der Waals surface area contributed by atoms with Gasteiger partial charge in [-0.2, -0.15) is 0 Å². The predicted octanol–water partition coefficient (Wildman–Crippen LogP) is 1.10. The first kappa shape index (κ1) is 12.4. The zero-order valence-electron chi connectivity index (χ0n) is 9.42. The van der Waals surface area contributed by atoms with Crippen molar-refractivity contribution in [3.63, 3.8) is 0 Å². The maximum absolute atomic E-state index is 10.9. The molecule has 0 aromatic carbocycles.